The van der Waals surface area contributed by atoms with Crippen LogP contribution in [-0.4, -0.2) is 24.5 Å². The average molecular weight is 292 g/mol. The van der Waals surface area contributed by atoms with E-state index < -0.39 is 0 Å². The van der Waals surface area contributed by atoms with Crippen LogP contribution in [0.4, 0.5) is 0 Å². The van der Waals surface area contributed by atoms with Crippen LogP contribution in [0.15, 0.2) is 18.2 Å². The molecule has 1 saturated carbocycles. The molecule has 0 aromatic heterocycles. The molecule has 1 aromatic rings. The van der Waals surface area contributed by atoms with E-state index in [0.29, 0.717) is 0 Å². The van der Waals surface area contributed by atoms with Gasteiger partial charge in [-0.3, -0.25) is 0 Å². The van der Waals surface area contributed by atoms with E-state index in [4.69, 9.17) is 11.6 Å². The summed E-state index contributed by atoms with van der Waals surface area (Å²) in [6, 6.07) is 7.65. The van der Waals surface area contributed by atoms with Crippen LogP contribution < -0.4 is 0 Å². The molecule has 1 unspecified atom stereocenters. The van der Waals surface area contributed by atoms with E-state index in [0.717, 1.165) is 12.6 Å². The molecule has 0 aliphatic heterocycles. The number of benzene rings is 1. The zero-order valence-electron chi connectivity index (χ0n) is 12.6. The maximum Gasteiger partial charge on any atom is 0.0712 e. The van der Waals surface area contributed by atoms with Crippen molar-refractivity contribution in [2.45, 2.75) is 62.8 Å². The first-order valence-electron chi connectivity index (χ1n) is 8.20. The van der Waals surface area contributed by atoms with Gasteiger partial charge in [0.15, 0.2) is 0 Å². The maximum absolute atomic E-state index is 6.68. The SMILES string of the molecule is CN(CC(Cl)c1ccc2c(c1)CCC2)C1CCCCC1. The summed E-state index contributed by atoms with van der Waals surface area (Å²) in [5.74, 6) is 0. The Morgan fingerprint density at radius 2 is 1.85 bits per heavy atom. The van der Waals surface area contributed by atoms with Gasteiger partial charge in [-0.05, 0) is 55.8 Å². The number of likely N-dealkylation sites (N-methyl/N-ethyl adjacent to an activating group) is 1. The highest BCUT2D eigenvalue weighted by molar-refractivity contribution is 6.21. The third kappa shape index (κ3) is 3.20. The lowest BCUT2D eigenvalue weighted by Crippen LogP contribution is -2.35. The molecule has 2 aliphatic rings. The van der Waals surface area contributed by atoms with Gasteiger partial charge in [0.25, 0.3) is 0 Å². The summed E-state index contributed by atoms with van der Waals surface area (Å²) in [6.07, 6.45) is 10.7. The first kappa shape index (κ1) is 14.4. The first-order chi connectivity index (χ1) is 9.74. The Bertz CT molecular complexity index is 451. The summed E-state index contributed by atoms with van der Waals surface area (Å²) in [7, 11) is 2.25. The quantitative estimate of drug-likeness (QED) is 0.726. The van der Waals surface area contributed by atoms with Crippen molar-refractivity contribution in [3.05, 3.63) is 34.9 Å². The van der Waals surface area contributed by atoms with Crippen molar-refractivity contribution in [3.63, 3.8) is 0 Å². The summed E-state index contributed by atoms with van der Waals surface area (Å²) in [6.45, 7) is 0.977. The molecule has 0 radical (unpaired) electrons. The van der Waals surface area contributed by atoms with Gasteiger partial charge >= 0.3 is 0 Å². The molecule has 20 heavy (non-hydrogen) atoms. The summed E-state index contributed by atoms with van der Waals surface area (Å²) in [5.41, 5.74) is 4.39. The second-order valence-corrected chi connectivity index (χ2v) is 7.11. The highest BCUT2D eigenvalue weighted by atomic mass is 35.5. The van der Waals surface area contributed by atoms with E-state index in [-0.39, 0.29) is 5.38 Å². The number of halogens is 1. The molecule has 0 N–H and O–H groups in total. The van der Waals surface area contributed by atoms with E-state index in [1.165, 1.54) is 62.5 Å². The summed E-state index contributed by atoms with van der Waals surface area (Å²) in [4.78, 5) is 2.49. The summed E-state index contributed by atoms with van der Waals surface area (Å²) < 4.78 is 0. The lowest BCUT2D eigenvalue weighted by Gasteiger charge is -2.32. The Labute approximate surface area is 128 Å². The zero-order chi connectivity index (χ0) is 13.9. The molecular weight excluding hydrogens is 266 g/mol. The van der Waals surface area contributed by atoms with Crippen LogP contribution in [0.1, 0.15) is 60.6 Å². The lowest BCUT2D eigenvalue weighted by atomic mass is 9.94. The number of nitrogens with zero attached hydrogens (tertiary/aromatic N) is 1. The number of fused-ring (bicyclic) bond motifs is 1. The Morgan fingerprint density at radius 1 is 1.10 bits per heavy atom. The largest absolute Gasteiger partial charge is 0.302 e. The molecule has 110 valence electrons. The third-order valence-electron chi connectivity index (χ3n) is 5.13. The number of hydrogen-bond acceptors (Lipinski definition) is 1. The van der Waals surface area contributed by atoms with Crippen LogP contribution in [0.3, 0.4) is 0 Å². The fourth-order valence-electron chi connectivity index (χ4n) is 3.82. The van der Waals surface area contributed by atoms with Crippen LogP contribution in [0.2, 0.25) is 0 Å². The monoisotopic (exact) mass is 291 g/mol. The van der Waals surface area contributed by atoms with Crippen LogP contribution in [0.25, 0.3) is 0 Å². The predicted octanol–water partition coefficient (Wildman–Crippen LogP) is 4.72. The third-order valence-corrected chi connectivity index (χ3v) is 5.52. The Hall–Kier alpha value is -0.530. The van der Waals surface area contributed by atoms with Gasteiger partial charge in [-0.25, -0.2) is 0 Å². The smallest absolute Gasteiger partial charge is 0.0712 e. The lowest BCUT2D eigenvalue weighted by molar-refractivity contribution is 0.192. The predicted molar refractivity (Wildman–Crippen MR) is 86.6 cm³/mol. The second-order valence-electron chi connectivity index (χ2n) is 6.58. The van der Waals surface area contributed by atoms with Gasteiger partial charge in [0.1, 0.15) is 0 Å². The Morgan fingerprint density at radius 3 is 2.65 bits per heavy atom. The van der Waals surface area contributed by atoms with E-state index in [1.807, 2.05) is 0 Å². The number of aryl methyl sites for hydroxylation is 2. The van der Waals surface area contributed by atoms with Crippen LogP contribution >= 0.6 is 11.6 Å². The molecule has 1 aromatic carbocycles. The maximum atomic E-state index is 6.68. The molecule has 1 atom stereocenters. The number of hydrogen-bond donors (Lipinski definition) is 0. The Balaban J connectivity index is 1.62. The van der Waals surface area contributed by atoms with Gasteiger partial charge in [-0.2, -0.15) is 0 Å². The molecule has 0 saturated heterocycles. The second kappa shape index (κ2) is 6.49. The van der Waals surface area contributed by atoms with E-state index >= 15 is 0 Å². The van der Waals surface area contributed by atoms with Crippen molar-refractivity contribution in [1.82, 2.24) is 4.90 Å². The van der Waals surface area contributed by atoms with Gasteiger partial charge in [0.05, 0.1) is 5.38 Å². The summed E-state index contributed by atoms with van der Waals surface area (Å²) in [5, 5.41) is 0.132. The average Bonchev–Trinajstić information content (AvgIpc) is 2.95. The molecule has 0 amide bonds. The molecule has 2 heteroatoms. The highest BCUT2D eigenvalue weighted by Crippen LogP contribution is 2.30. The molecule has 0 heterocycles. The van der Waals surface area contributed by atoms with Crippen molar-refractivity contribution in [2.75, 3.05) is 13.6 Å². The van der Waals surface area contributed by atoms with E-state index in [9.17, 15) is 0 Å². The highest BCUT2D eigenvalue weighted by Gasteiger charge is 2.21. The Kier molecular flexibility index (Phi) is 4.68. The molecule has 1 fully saturated rings. The van der Waals surface area contributed by atoms with Crippen LogP contribution in [-0.2, 0) is 12.8 Å². The van der Waals surface area contributed by atoms with Crippen LogP contribution in [0, 0.1) is 0 Å². The minimum atomic E-state index is 0.132. The fraction of sp³-hybridized carbons (Fsp3) is 0.667. The van der Waals surface area contributed by atoms with Crippen molar-refractivity contribution in [3.8, 4) is 0 Å². The van der Waals surface area contributed by atoms with Crippen molar-refractivity contribution >= 4 is 11.6 Å². The molecular formula is C18H26ClN. The molecule has 3 rings (SSSR count). The molecule has 0 spiro atoms. The van der Waals surface area contributed by atoms with Crippen molar-refractivity contribution in [1.29, 1.82) is 0 Å². The molecule has 0 bridgehead atoms. The van der Waals surface area contributed by atoms with Crippen molar-refractivity contribution < 1.29 is 0 Å². The topological polar surface area (TPSA) is 3.24 Å². The van der Waals surface area contributed by atoms with Gasteiger partial charge in [0, 0.05) is 12.6 Å². The summed E-state index contributed by atoms with van der Waals surface area (Å²) >= 11 is 6.68. The van der Waals surface area contributed by atoms with Gasteiger partial charge in [-0.15, -0.1) is 11.6 Å². The van der Waals surface area contributed by atoms with Gasteiger partial charge in [0.2, 0.25) is 0 Å². The van der Waals surface area contributed by atoms with Gasteiger partial charge in [-0.1, -0.05) is 37.5 Å². The zero-order valence-corrected chi connectivity index (χ0v) is 13.3. The molecule has 2 aliphatic carbocycles. The van der Waals surface area contributed by atoms with E-state index in [1.54, 1.807) is 5.56 Å². The van der Waals surface area contributed by atoms with Crippen LogP contribution in [0.5, 0.6) is 0 Å². The number of rotatable bonds is 4. The first-order valence-corrected chi connectivity index (χ1v) is 8.63. The fourth-order valence-corrected chi connectivity index (χ4v) is 4.17. The molecule has 1 nitrogen and oxygen atoms in total. The minimum absolute atomic E-state index is 0.132. The van der Waals surface area contributed by atoms with Crippen molar-refractivity contribution in [2.24, 2.45) is 0 Å². The normalized spacial score (nSPS) is 21.1. The minimum Gasteiger partial charge on any atom is -0.302 e. The standard InChI is InChI=1S/C18H26ClN/c1-20(17-8-3-2-4-9-17)13-18(19)16-11-10-14-6-5-7-15(14)12-16/h10-12,17-18H,2-9,13H2,1H3. The van der Waals surface area contributed by atoms with E-state index in [2.05, 4.69) is 30.1 Å². The number of alkyl halides is 1. The van der Waals surface area contributed by atoms with Gasteiger partial charge < -0.3 is 4.90 Å².